The van der Waals surface area contributed by atoms with Crippen LogP contribution in [-0.2, 0) is 4.74 Å². The van der Waals surface area contributed by atoms with Crippen molar-refractivity contribution in [3.63, 3.8) is 0 Å². The van der Waals surface area contributed by atoms with Crippen LogP contribution in [0.1, 0.15) is 34.1 Å². The van der Waals surface area contributed by atoms with Gasteiger partial charge in [0.2, 0.25) is 0 Å². The standard InChI is InChI=1S/C15H27NO2/c1-6-15(4,5)18-11-14(17)10-16-8-12(2)7-13(3)9-16/h1,12-14,17H,7-11H2,2-5H3/t12-,13+,14-/m0/s1. The molecule has 18 heavy (non-hydrogen) atoms. The van der Waals surface area contributed by atoms with E-state index in [2.05, 4.69) is 24.7 Å². The Kier molecular flexibility index (Phi) is 5.65. The Morgan fingerprint density at radius 3 is 2.44 bits per heavy atom. The average molecular weight is 253 g/mol. The van der Waals surface area contributed by atoms with Gasteiger partial charge in [0.25, 0.3) is 0 Å². The first-order valence-electron chi connectivity index (χ1n) is 6.84. The van der Waals surface area contributed by atoms with Crippen molar-refractivity contribution >= 4 is 0 Å². The summed E-state index contributed by atoms with van der Waals surface area (Å²) >= 11 is 0. The zero-order valence-electron chi connectivity index (χ0n) is 12.1. The Morgan fingerprint density at radius 2 is 1.94 bits per heavy atom. The Morgan fingerprint density at radius 1 is 1.39 bits per heavy atom. The van der Waals surface area contributed by atoms with Crippen molar-refractivity contribution in [2.24, 2.45) is 11.8 Å². The molecular formula is C15H27NO2. The van der Waals surface area contributed by atoms with Gasteiger partial charge >= 0.3 is 0 Å². The minimum atomic E-state index is -0.594. The lowest BCUT2D eigenvalue weighted by Gasteiger charge is -2.36. The third-order valence-electron chi connectivity index (χ3n) is 3.40. The first kappa shape index (κ1) is 15.5. The molecule has 1 heterocycles. The van der Waals surface area contributed by atoms with Gasteiger partial charge in [-0.05, 0) is 32.1 Å². The normalized spacial score (nSPS) is 27.8. The lowest BCUT2D eigenvalue weighted by molar-refractivity contribution is -0.0421. The highest BCUT2D eigenvalue weighted by atomic mass is 16.5. The van der Waals surface area contributed by atoms with E-state index in [0.717, 1.165) is 13.1 Å². The van der Waals surface area contributed by atoms with Crippen LogP contribution in [-0.4, -0.2) is 48.0 Å². The van der Waals surface area contributed by atoms with Crippen LogP contribution < -0.4 is 0 Å². The van der Waals surface area contributed by atoms with Gasteiger partial charge in [-0.2, -0.15) is 0 Å². The number of piperidine rings is 1. The molecule has 1 aliphatic rings. The van der Waals surface area contributed by atoms with Crippen molar-refractivity contribution < 1.29 is 9.84 Å². The van der Waals surface area contributed by atoms with Crippen LogP contribution in [0.25, 0.3) is 0 Å². The molecule has 3 heteroatoms. The van der Waals surface area contributed by atoms with Gasteiger partial charge in [-0.15, -0.1) is 6.42 Å². The van der Waals surface area contributed by atoms with E-state index in [9.17, 15) is 5.11 Å². The van der Waals surface area contributed by atoms with Gasteiger partial charge in [0.1, 0.15) is 5.60 Å². The van der Waals surface area contributed by atoms with Gasteiger partial charge in [-0.25, -0.2) is 0 Å². The van der Waals surface area contributed by atoms with Gasteiger partial charge in [0.15, 0.2) is 0 Å². The van der Waals surface area contributed by atoms with Crippen LogP contribution >= 0.6 is 0 Å². The summed E-state index contributed by atoms with van der Waals surface area (Å²) in [6.07, 6.45) is 6.17. The number of rotatable bonds is 5. The first-order valence-corrected chi connectivity index (χ1v) is 6.84. The summed E-state index contributed by atoms with van der Waals surface area (Å²) in [5, 5.41) is 10.00. The molecule has 104 valence electrons. The van der Waals surface area contributed by atoms with Gasteiger partial charge in [-0.1, -0.05) is 19.8 Å². The minimum Gasteiger partial charge on any atom is -0.389 e. The molecule has 1 aliphatic heterocycles. The third kappa shape index (κ3) is 5.39. The third-order valence-corrected chi connectivity index (χ3v) is 3.40. The van der Waals surface area contributed by atoms with E-state index in [-0.39, 0.29) is 0 Å². The van der Waals surface area contributed by atoms with Crippen molar-refractivity contribution in [2.75, 3.05) is 26.2 Å². The van der Waals surface area contributed by atoms with Crippen LogP contribution in [0.15, 0.2) is 0 Å². The molecule has 0 amide bonds. The van der Waals surface area contributed by atoms with E-state index >= 15 is 0 Å². The minimum absolute atomic E-state index is 0.302. The molecule has 0 aromatic heterocycles. The predicted molar refractivity (Wildman–Crippen MR) is 74.3 cm³/mol. The van der Waals surface area contributed by atoms with Crippen LogP contribution in [0.5, 0.6) is 0 Å². The maximum absolute atomic E-state index is 10.00. The molecule has 1 N–H and O–H groups in total. The molecule has 3 atom stereocenters. The smallest absolute Gasteiger partial charge is 0.122 e. The quantitative estimate of drug-likeness (QED) is 0.758. The zero-order chi connectivity index (χ0) is 13.8. The van der Waals surface area contributed by atoms with Gasteiger partial charge in [0.05, 0.1) is 12.7 Å². The fourth-order valence-corrected chi connectivity index (χ4v) is 2.64. The lowest BCUT2D eigenvalue weighted by atomic mass is 9.92. The van der Waals surface area contributed by atoms with Crippen LogP contribution in [0.4, 0.5) is 0 Å². The number of aliphatic hydroxyl groups is 1. The lowest BCUT2D eigenvalue weighted by Crippen LogP contribution is -2.44. The fraction of sp³-hybridized carbons (Fsp3) is 0.867. The molecule has 0 aliphatic carbocycles. The largest absolute Gasteiger partial charge is 0.389 e. The zero-order valence-corrected chi connectivity index (χ0v) is 12.1. The predicted octanol–water partition coefficient (Wildman–Crippen LogP) is 1.75. The van der Waals surface area contributed by atoms with Crippen molar-refractivity contribution in [1.29, 1.82) is 0 Å². The van der Waals surface area contributed by atoms with Gasteiger partial charge < -0.3 is 14.7 Å². The molecule has 1 fully saturated rings. The molecule has 0 aromatic carbocycles. The summed E-state index contributed by atoms with van der Waals surface area (Å²) in [5.74, 6) is 3.99. The van der Waals surface area contributed by atoms with E-state index in [1.165, 1.54) is 6.42 Å². The van der Waals surface area contributed by atoms with E-state index in [1.807, 2.05) is 13.8 Å². The molecule has 1 saturated heterocycles. The molecule has 0 unspecified atom stereocenters. The molecule has 0 aromatic rings. The molecule has 1 rings (SSSR count). The Hall–Kier alpha value is -0.560. The molecule has 3 nitrogen and oxygen atoms in total. The summed E-state index contributed by atoms with van der Waals surface area (Å²) in [4.78, 5) is 2.33. The summed E-state index contributed by atoms with van der Waals surface area (Å²) in [6.45, 7) is 11.3. The maximum atomic E-state index is 10.00. The maximum Gasteiger partial charge on any atom is 0.122 e. The monoisotopic (exact) mass is 253 g/mol. The van der Waals surface area contributed by atoms with E-state index in [4.69, 9.17) is 11.2 Å². The molecule has 0 spiro atoms. The number of aliphatic hydroxyl groups excluding tert-OH is 1. The number of ether oxygens (including phenoxy) is 1. The van der Waals surface area contributed by atoms with Crippen molar-refractivity contribution in [2.45, 2.75) is 45.8 Å². The second-order valence-electron chi connectivity index (χ2n) is 6.28. The summed E-state index contributed by atoms with van der Waals surface area (Å²) in [7, 11) is 0. The number of hydrogen-bond acceptors (Lipinski definition) is 3. The molecule has 0 radical (unpaired) electrons. The Bertz CT molecular complexity index is 285. The number of hydrogen-bond donors (Lipinski definition) is 1. The van der Waals surface area contributed by atoms with Crippen LogP contribution in [0.3, 0.4) is 0 Å². The number of nitrogens with zero attached hydrogens (tertiary/aromatic N) is 1. The van der Waals surface area contributed by atoms with Crippen LogP contribution in [0.2, 0.25) is 0 Å². The van der Waals surface area contributed by atoms with Crippen molar-refractivity contribution in [3.8, 4) is 12.3 Å². The Balaban J connectivity index is 2.32. The Labute approximate surface area is 112 Å². The second kappa shape index (κ2) is 6.56. The summed E-state index contributed by atoms with van der Waals surface area (Å²) in [6, 6.07) is 0. The number of terminal acetylenes is 1. The number of β-amino-alcohol motifs (C(OH)–C–C–N with tert-alkyl or cyclic N) is 1. The highest BCUT2D eigenvalue weighted by Crippen LogP contribution is 2.21. The fourth-order valence-electron chi connectivity index (χ4n) is 2.64. The van der Waals surface area contributed by atoms with E-state index < -0.39 is 11.7 Å². The second-order valence-corrected chi connectivity index (χ2v) is 6.28. The summed E-state index contributed by atoms with van der Waals surface area (Å²) in [5.41, 5.74) is -0.594. The van der Waals surface area contributed by atoms with Crippen LogP contribution in [0, 0.1) is 24.2 Å². The average Bonchev–Trinajstić information content (AvgIpc) is 2.25. The van der Waals surface area contributed by atoms with E-state index in [1.54, 1.807) is 0 Å². The van der Waals surface area contributed by atoms with Gasteiger partial charge in [0, 0.05) is 19.6 Å². The van der Waals surface area contributed by atoms with Crippen molar-refractivity contribution in [3.05, 3.63) is 0 Å². The molecule has 0 bridgehead atoms. The molecule has 0 saturated carbocycles. The first-order chi connectivity index (χ1) is 8.32. The highest BCUT2D eigenvalue weighted by Gasteiger charge is 2.24. The van der Waals surface area contributed by atoms with Gasteiger partial charge in [-0.3, -0.25) is 0 Å². The topological polar surface area (TPSA) is 32.7 Å². The summed E-state index contributed by atoms with van der Waals surface area (Å²) < 4.78 is 5.52. The van der Waals surface area contributed by atoms with Crippen molar-refractivity contribution in [1.82, 2.24) is 4.90 Å². The molecular weight excluding hydrogens is 226 g/mol. The van der Waals surface area contributed by atoms with E-state index in [0.29, 0.717) is 25.0 Å². The SMILES string of the molecule is C#CC(C)(C)OC[C@@H](O)CN1C[C@H](C)C[C@H](C)C1. The number of likely N-dealkylation sites (tertiary alicyclic amines) is 1. The highest BCUT2D eigenvalue weighted by molar-refractivity contribution is 5.02.